The summed E-state index contributed by atoms with van der Waals surface area (Å²) >= 11 is 7.18. The Balaban J connectivity index is 1.96. The first kappa shape index (κ1) is 14.6. The standard InChI is InChI=1S/C15H12ClNO2S/c16-12-4-1-3-11(9-12)10-17-15(19)14-7-6-13(20-14)5-2-8-18/h1,3-4,6-7,9,18H,8,10H2,(H,17,19). The molecule has 0 fully saturated rings. The van der Waals surface area contributed by atoms with Crippen LogP contribution in [0.2, 0.25) is 5.02 Å². The zero-order valence-electron chi connectivity index (χ0n) is 10.5. The molecule has 1 amide bonds. The molecule has 2 rings (SSSR count). The van der Waals surface area contributed by atoms with Gasteiger partial charge >= 0.3 is 0 Å². The van der Waals surface area contributed by atoms with E-state index >= 15 is 0 Å². The minimum absolute atomic E-state index is 0.146. The van der Waals surface area contributed by atoms with Crippen molar-refractivity contribution in [1.82, 2.24) is 5.32 Å². The lowest BCUT2D eigenvalue weighted by Gasteiger charge is -2.03. The van der Waals surface area contributed by atoms with Gasteiger partial charge in [0.2, 0.25) is 0 Å². The summed E-state index contributed by atoms with van der Waals surface area (Å²) in [4.78, 5) is 13.3. The number of benzene rings is 1. The highest BCUT2D eigenvalue weighted by atomic mass is 35.5. The van der Waals surface area contributed by atoms with Gasteiger partial charge < -0.3 is 10.4 Å². The molecule has 0 aliphatic rings. The Morgan fingerprint density at radius 2 is 2.20 bits per heavy atom. The summed E-state index contributed by atoms with van der Waals surface area (Å²) in [7, 11) is 0. The molecule has 2 N–H and O–H groups in total. The Labute approximate surface area is 126 Å². The average Bonchev–Trinajstić information content (AvgIpc) is 2.91. The monoisotopic (exact) mass is 305 g/mol. The van der Waals surface area contributed by atoms with Crippen LogP contribution in [0.3, 0.4) is 0 Å². The van der Waals surface area contributed by atoms with E-state index in [9.17, 15) is 4.79 Å². The Morgan fingerprint density at radius 3 is 2.95 bits per heavy atom. The zero-order chi connectivity index (χ0) is 14.4. The van der Waals surface area contributed by atoms with Gasteiger partial charge in [-0.15, -0.1) is 11.3 Å². The van der Waals surface area contributed by atoms with Gasteiger partial charge in [-0.25, -0.2) is 0 Å². The average molecular weight is 306 g/mol. The molecule has 3 nitrogen and oxygen atoms in total. The number of carbonyl (C=O) groups excluding carboxylic acids is 1. The molecule has 0 aliphatic heterocycles. The first-order chi connectivity index (χ1) is 9.69. The fourth-order valence-corrected chi connectivity index (χ4v) is 2.58. The summed E-state index contributed by atoms with van der Waals surface area (Å²) in [6.45, 7) is 0.239. The van der Waals surface area contributed by atoms with Gasteiger partial charge in [0.05, 0.1) is 9.75 Å². The first-order valence-electron chi connectivity index (χ1n) is 5.91. The van der Waals surface area contributed by atoms with Crippen LogP contribution >= 0.6 is 22.9 Å². The number of hydrogen-bond donors (Lipinski definition) is 2. The minimum Gasteiger partial charge on any atom is -0.384 e. The summed E-state index contributed by atoms with van der Waals surface area (Å²) < 4.78 is 0. The van der Waals surface area contributed by atoms with Gasteiger partial charge in [-0.1, -0.05) is 35.6 Å². The van der Waals surface area contributed by atoms with Crippen molar-refractivity contribution in [2.75, 3.05) is 6.61 Å². The van der Waals surface area contributed by atoms with Gasteiger partial charge in [0.25, 0.3) is 5.91 Å². The van der Waals surface area contributed by atoms with Crippen LogP contribution in [-0.2, 0) is 6.54 Å². The quantitative estimate of drug-likeness (QED) is 0.857. The smallest absolute Gasteiger partial charge is 0.261 e. The van der Waals surface area contributed by atoms with Crippen LogP contribution in [0.5, 0.6) is 0 Å². The first-order valence-corrected chi connectivity index (χ1v) is 7.10. The lowest BCUT2D eigenvalue weighted by molar-refractivity contribution is 0.0955. The molecule has 20 heavy (non-hydrogen) atoms. The maximum Gasteiger partial charge on any atom is 0.261 e. The van der Waals surface area contributed by atoms with Crippen molar-refractivity contribution in [2.45, 2.75) is 6.54 Å². The van der Waals surface area contributed by atoms with Gasteiger partial charge in [0.15, 0.2) is 0 Å². The molecule has 0 aliphatic carbocycles. The molecule has 1 aromatic heterocycles. The zero-order valence-corrected chi connectivity index (χ0v) is 12.1. The van der Waals surface area contributed by atoms with Gasteiger partial charge in [-0.05, 0) is 29.8 Å². The topological polar surface area (TPSA) is 49.3 Å². The molecule has 0 unspecified atom stereocenters. The van der Waals surface area contributed by atoms with Crippen LogP contribution in [0, 0.1) is 11.8 Å². The lowest BCUT2D eigenvalue weighted by atomic mass is 10.2. The minimum atomic E-state index is -0.186. The maximum atomic E-state index is 12.0. The van der Waals surface area contributed by atoms with E-state index in [1.54, 1.807) is 18.2 Å². The number of carbonyl (C=O) groups is 1. The van der Waals surface area contributed by atoms with E-state index in [0.717, 1.165) is 10.4 Å². The van der Waals surface area contributed by atoms with Gasteiger partial charge in [0.1, 0.15) is 6.61 Å². The lowest BCUT2D eigenvalue weighted by Crippen LogP contribution is -2.21. The number of rotatable bonds is 3. The molecule has 1 heterocycles. The fourth-order valence-electron chi connectivity index (χ4n) is 1.57. The summed E-state index contributed by atoms with van der Waals surface area (Å²) in [5, 5.41) is 12.1. The Kier molecular flexibility index (Phi) is 5.19. The molecule has 0 radical (unpaired) electrons. The van der Waals surface area contributed by atoms with Crippen LogP contribution in [-0.4, -0.2) is 17.6 Å². The molecule has 0 spiro atoms. The van der Waals surface area contributed by atoms with E-state index < -0.39 is 0 Å². The largest absolute Gasteiger partial charge is 0.384 e. The third kappa shape index (κ3) is 4.10. The van der Waals surface area contributed by atoms with Crippen molar-refractivity contribution in [2.24, 2.45) is 0 Å². The van der Waals surface area contributed by atoms with E-state index in [1.165, 1.54) is 11.3 Å². The summed E-state index contributed by atoms with van der Waals surface area (Å²) in [5.41, 5.74) is 0.947. The van der Waals surface area contributed by atoms with E-state index in [0.29, 0.717) is 16.4 Å². The fraction of sp³-hybridized carbons (Fsp3) is 0.133. The second kappa shape index (κ2) is 7.11. The molecule has 2 aromatic rings. The summed E-state index contributed by atoms with van der Waals surface area (Å²) in [5.74, 6) is 5.18. The number of hydrogen-bond acceptors (Lipinski definition) is 3. The number of amides is 1. The molecule has 1 aromatic carbocycles. The molecular formula is C15H12ClNO2S. The molecule has 0 saturated heterocycles. The summed E-state index contributed by atoms with van der Waals surface area (Å²) in [6, 6.07) is 10.8. The van der Waals surface area contributed by atoms with Crippen molar-refractivity contribution in [1.29, 1.82) is 0 Å². The van der Waals surface area contributed by atoms with Crippen molar-refractivity contribution < 1.29 is 9.90 Å². The number of thiophene rings is 1. The molecule has 0 atom stereocenters. The Morgan fingerprint density at radius 1 is 1.35 bits per heavy atom. The van der Waals surface area contributed by atoms with Crippen LogP contribution < -0.4 is 5.32 Å². The third-order valence-electron chi connectivity index (χ3n) is 2.46. The molecule has 0 saturated carbocycles. The molecule has 5 heteroatoms. The summed E-state index contributed by atoms with van der Waals surface area (Å²) in [6.07, 6.45) is 0. The third-order valence-corrected chi connectivity index (χ3v) is 3.70. The highest BCUT2D eigenvalue weighted by molar-refractivity contribution is 7.14. The number of nitrogens with one attached hydrogen (secondary N) is 1. The molecular weight excluding hydrogens is 294 g/mol. The van der Waals surface area contributed by atoms with Crippen molar-refractivity contribution in [3.8, 4) is 11.8 Å². The van der Waals surface area contributed by atoms with E-state index in [-0.39, 0.29) is 12.5 Å². The SMILES string of the molecule is O=C(NCc1cccc(Cl)c1)c1ccc(C#CCO)s1. The number of aliphatic hydroxyl groups is 1. The van der Waals surface area contributed by atoms with Crippen LogP contribution in [0.4, 0.5) is 0 Å². The van der Waals surface area contributed by atoms with E-state index in [4.69, 9.17) is 16.7 Å². The van der Waals surface area contributed by atoms with Crippen molar-refractivity contribution >= 4 is 28.8 Å². The predicted molar refractivity (Wildman–Crippen MR) is 80.9 cm³/mol. The highest BCUT2D eigenvalue weighted by Crippen LogP contribution is 2.16. The Bertz CT molecular complexity index is 670. The second-order valence-electron chi connectivity index (χ2n) is 3.94. The highest BCUT2D eigenvalue weighted by Gasteiger charge is 2.08. The van der Waals surface area contributed by atoms with Gasteiger partial charge in [-0.2, -0.15) is 0 Å². The van der Waals surface area contributed by atoms with Gasteiger partial charge in [0, 0.05) is 11.6 Å². The Hall–Kier alpha value is -1.80. The van der Waals surface area contributed by atoms with Crippen molar-refractivity contribution in [3.63, 3.8) is 0 Å². The van der Waals surface area contributed by atoms with Crippen molar-refractivity contribution in [3.05, 3.63) is 56.7 Å². The maximum absolute atomic E-state index is 12.0. The number of aliphatic hydroxyl groups excluding tert-OH is 1. The van der Waals surface area contributed by atoms with E-state index in [2.05, 4.69) is 17.2 Å². The van der Waals surface area contributed by atoms with Crippen LogP contribution in [0.1, 0.15) is 20.1 Å². The number of halogens is 1. The van der Waals surface area contributed by atoms with Crippen LogP contribution in [0.15, 0.2) is 36.4 Å². The van der Waals surface area contributed by atoms with Gasteiger partial charge in [-0.3, -0.25) is 4.79 Å². The van der Waals surface area contributed by atoms with Crippen LogP contribution in [0.25, 0.3) is 0 Å². The molecule has 102 valence electrons. The molecule has 0 bridgehead atoms. The second-order valence-corrected chi connectivity index (χ2v) is 5.46. The van der Waals surface area contributed by atoms with E-state index in [1.807, 2.05) is 18.2 Å². The normalized spacial score (nSPS) is 9.70. The predicted octanol–water partition coefficient (Wildman–Crippen LogP) is 2.68.